The highest BCUT2D eigenvalue weighted by Gasteiger charge is 2.35. The van der Waals surface area contributed by atoms with Crippen LogP contribution in [0.5, 0.6) is 0 Å². The van der Waals surface area contributed by atoms with Crippen LogP contribution in [-0.4, -0.2) is 14.5 Å². The fourth-order valence-corrected chi connectivity index (χ4v) is 9.94. The number of benzene rings is 9. The van der Waals surface area contributed by atoms with E-state index in [0.717, 1.165) is 67.4 Å². The molecule has 63 heavy (non-hydrogen) atoms. The first-order valence-corrected chi connectivity index (χ1v) is 21.7. The molecule has 11 aromatic rings. The van der Waals surface area contributed by atoms with Crippen molar-refractivity contribution in [3.8, 4) is 50.5 Å². The van der Waals surface area contributed by atoms with Crippen molar-refractivity contribution in [2.45, 2.75) is 19.3 Å². The highest BCUT2D eigenvalue weighted by Crippen LogP contribution is 2.50. The highest BCUT2D eigenvalue weighted by molar-refractivity contribution is 6.09. The Morgan fingerprint density at radius 3 is 1.63 bits per heavy atom. The Morgan fingerprint density at radius 1 is 0.397 bits per heavy atom. The molecule has 0 unspecified atom stereocenters. The van der Waals surface area contributed by atoms with Gasteiger partial charge in [-0.05, 0) is 101 Å². The zero-order valence-corrected chi connectivity index (χ0v) is 35.1. The maximum Gasteiger partial charge on any atom is 0.0973 e. The Labute approximate surface area is 367 Å². The van der Waals surface area contributed by atoms with Crippen LogP contribution >= 0.6 is 0 Å². The number of anilines is 3. The average Bonchev–Trinajstić information content (AvgIpc) is 3.80. The molecule has 0 spiro atoms. The molecule has 9 aromatic carbocycles. The van der Waals surface area contributed by atoms with Gasteiger partial charge in [0.1, 0.15) is 0 Å². The fraction of sp³-hybridized carbons (Fsp3) is 0.0508. The van der Waals surface area contributed by atoms with Gasteiger partial charge in [0.25, 0.3) is 0 Å². The lowest BCUT2D eigenvalue weighted by atomic mass is 9.82. The fourth-order valence-electron chi connectivity index (χ4n) is 9.94. The predicted molar refractivity (Wildman–Crippen MR) is 262 cm³/mol. The predicted octanol–water partition coefficient (Wildman–Crippen LogP) is 15.5. The summed E-state index contributed by atoms with van der Waals surface area (Å²) in [6.45, 7) is 4.65. The molecule has 0 fully saturated rings. The molecule has 0 saturated heterocycles. The van der Waals surface area contributed by atoms with Crippen LogP contribution in [0.2, 0.25) is 0 Å². The van der Waals surface area contributed by atoms with Crippen LogP contribution in [0.25, 0.3) is 83.3 Å². The molecule has 12 rings (SSSR count). The van der Waals surface area contributed by atoms with Gasteiger partial charge in [0.2, 0.25) is 0 Å². The molecular weight excluding hydrogens is 765 g/mol. The van der Waals surface area contributed by atoms with Crippen molar-refractivity contribution in [2.75, 3.05) is 4.90 Å². The van der Waals surface area contributed by atoms with Crippen molar-refractivity contribution in [3.05, 3.63) is 230 Å². The van der Waals surface area contributed by atoms with E-state index in [1.54, 1.807) is 0 Å². The van der Waals surface area contributed by atoms with Crippen molar-refractivity contribution in [3.63, 3.8) is 0 Å². The Hall–Kier alpha value is -8.08. The van der Waals surface area contributed by atoms with Crippen molar-refractivity contribution < 1.29 is 0 Å². The van der Waals surface area contributed by atoms with Crippen molar-refractivity contribution >= 4 is 49.9 Å². The molecule has 0 bridgehead atoms. The second kappa shape index (κ2) is 14.5. The van der Waals surface area contributed by atoms with Gasteiger partial charge in [0.15, 0.2) is 0 Å². The minimum absolute atomic E-state index is 0.0505. The number of fused-ring (bicyclic) bond motifs is 7. The normalized spacial score (nSPS) is 12.7. The number of aromatic nitrogens is 3. The molecule has 1 aliphatic carbocycles. The topological polar surface area (TPSA) is 34.0 Å². The van der Waals surface area contributed by atoms with Crippen LogP contribution in [0.4, 0.5) is 17.1 Å². The van der Waals surface area contributed by atoms with Crippen LogP contribution in [0.1, 0.15) is 25.0 Å². The summed E-state index contributed by atoms with van der Waals surface area (Å²) < 4.78 is 2.36. The summed E-state index contributed by atoms with van der Waals surface area (Å²) in [5.74, 6) is 0. The number of para-hydroxylation sites is 4. The summed E-state index contributed by atoms with van der Waals surface area (Å²) >= 11 is 0. The molecular formula is C59H42N4. The summed E-state index contributed by atoms with van der Waals surface area (Å²) in [4.78, 5) is 13.3. The molecule has 4 heteroatoms. The summed E-state index contributed by atoms with van der Waals surface area (Å²) in [6.07, 6.45) is 0. The van der Waals surface area contributed by atoms with Gasteiger partial charge >= 0.3 is 0 Å². The van der Waals surface area contributed by atoms with Gasteiger partial charge in [-0.3, -0.25) is 0 Å². The van der Waals surface area contributed by atoms with Crippen LogP contribution in [0.3, 0.4) is 0 Å². The molecule has 2 aromatic heterocycles. The van der Waals surface area contributed by atoms with E-state index >= 15 is 0 Å². The van der Waals surface area contributed by atoms with Crippen molar-refractivity contribution in [1.82, 2.24) is 14.5 Å². The smallest absolute Gasteiger partial charge is 0.0973 e. The Kier molecular flexibility index (Phi) is 8.48. The van der Waals surface area contributed by atoms with E-state index < -0.39 is 0 Å². The minimum Gasteiger partial charge on any atom is -0.311 e. The molecule has 298 valence electrons. The SMILES string of the molecule is CC1(C)c2ccccc2-c2cc(-c3cccc4nc(-c5ccc(N(c6ccccc6)c6ccc(-n7c8ccccc8c8ccccc87)cc6)cc5)c(-c5ccccc5)nc34)ccc21. The van der Waals surface area contributed by atoms with Crippen LogP contribution in [0, 0.1) is 0 Å². The largest absolute Gasteiger partial charge is 0.311 e. The number of hydrogen-bond acceptors (Lipinski definition) is 3. The van der Waals surface area contributed by atoms with E-state index in [9.17, 15) is 0 Å². The van der Waals surface area contributed by atoms with Crippen LogP contribution in [0.15, 0.2) is 218 Å². The van der Waals surface area contributed by atoms with Crippen molar-refractivity contribution in [2.24, 2.45) is 0 Å². The highest BCUT2D eigenvalue weighted by atomic mass is 15.1. The van der Waals surface area contributed by atoms with E-state index in [-0.39, 0.29) is 5.41 Å². The van der Waals surface area contributed by atoms with E-state index in [0.29, 0.717) is 0 Å². The summed E-state index contributed by atoms with van der Waals surface area (Å²) in [6, 6.07) is 78.1. The van der Waals surface area contributed by atoms with E-state index in [1.807, 2.05) is 0 Å². The molecule has 0 amide bonds. The summed E-state index contributed by atoms with van der Waals surface area (Å²) in [5, 5.41) is 2.51. The van der Waals surface area contributed by atoms with Gasteiger partial charge in [-0.25, -0.2) is 9.97 Å². The molecule has 0 saturated carbocycles. The maximum absolute atomic E-state index is 5.51. The second-order valence-electron chi connectivity index (χ2n) is 17.0. The third-order valence-corrected chi connectivity index (χ3v) is 13.0. The molecule has 4 nitrogen and oxygen atoms in total. The third-order valence-electron chi connectivity index (χ3n) is 13.0. The Balaban J connectivity index is 0.947. The first-order valence-electron chi connectivity index (χ1n) is 21.7. The summed E-state index contributed by atoms with van der Waals surface area (Å²) in [7, 11) is 0. The van der Waals surface area contributed by atoms with Gasteiger partial charge in [-0.1, -0.05) is 159 Å². The average molecular weight is 807 g/mol. The van der Waals surface area contributed by atoms with Gasteiger partial charge in [0.05, 0.1) is 33.5 Å². The zero-order chi connectivity index (χ0) is 42.1. The van der Waals surface area contributed by atoms with Gasteiger partial charge < -0.3 is 9.47 Å². The van der Waals surface area contributed by atoms with E-state index in [1.165, 1.54) is 44.1 Å². The van der Waals surface area contributed by atoms with E-state index in [4.69, 9.17) is 9.97 Å². The summed E-state index contributed by atoms with van der Waals surface area (Å²) in [5.41, 5.74) is 19.7. The quantitative estimate of drug-likeness (QED) is 0.161. The van der Waals surface area contributed by atoms with Crippen LogP contribution in [-0.2, 0) is 5.41 Å². The lowest BCUT2D eigenvalue weighted by Gasteiger charge is -2.26. The number of rotatable bonds is 7. The maximum atomic E-state index is 5.51. The molecule has 1 aliphatic rings. The lowest BCUT2D eigenvalue weighted by Crippen LogP contribution is -2.14. The first kappa shape index (κ1) is 36.7. The van der Waals surface area contributed by atoms with Gasteiger partial charge in [0, 0.05) is 55.6 Å². The molecule has 0 radical (unpaired) electrons. The standard InChI is InChI=1S/C59H42N4/c1-59(2)51-24-12-9-20-47(51)50-38-41(30-37-52(50)59)46-23-15-25-53-58(46)61-57(39-16-5-3-6-17-39)56(60-53)40-28-31-43(32-29-40)62(42-18-7-4-8-19-42)44-33-35-45(36-34-44)63-54-26-13-10-21-48(54)49-22-11-14-27-55(49)63/h3-38H,1-2H3. The van der Waals surface area contributed by atoms with Crippen molar-refractivity contribution in [1.29, 1.82) is 0 Å². The molecule has 0 N–H and O–H groups in total. The molecule has 0 aliphatic heterocycles. The minimum atomic E-state index is -0.0505. The lowest BCUT2D eigenvalue weighted by molar-refractivity contribution is 0.660. The number of hydrogen-bond donors (Lipinski definition) is 0. The van der Waals surface area contributed by atoms with Gasteiger partial charge in [-0.2, -0.15) is 0 Å². The molecule has 2 heterocycles. The van der Waals surface area contributed by atoms with Gasteiger partial charge in [-0.15, -0.1) is 0 Å². The first-order chi connectivity index (χ1) is 31.0. The Morgan fingerprint density at radius 2 is 0.921 bits per heavy atom. The Bertz CT molecular complexity index is 3460. The second-order valence-corrected chi connectivity index (χ2v) is 17.0. The monoisotopic (exact) mass is 806 g/mol. The molecule has 0 atom stereocenters. The third kappa shape index (κ3) is 5.98. The zero-order valence-electron chi connectivity index (χ0n) is 35.1. The number of nitrogens with zero attached hydrogens (tertiary/aromatic N) is 4. The van der Waals surface area contributed by atoms with Crippen LogP contribution < -0.4 is 4.90 Å². The van der Waals surface area contributed by atoms with E-state index in [2.05, 4.69) is 242 Å².